The number of hydrogen-bond acceptors (Lipinski definition) is 3. The molecule has 1 aromatic rings. The Morgan fingerprint density at radius 3 is 2.75 bits per heavy atom. The van der Waals surface area contributed by atoms with E-state index in [-0.39, 0.29) is 0 Å². The molecule has 1 heterocycles. The number of ketones is 1. The van der Waals surface area contributed by atoms with Gasteiger partial charge in [-0.2, -0.15) is 5.10 Å². The summed E-state index contributed by atoms with van der Waals surface area (Å²) in [5.41, 5.74) is 1.02. The summed E-state index contributed by atoms with van der Waals surface area (Å²) in [7, 11) is 1.63. The molecule has 0 bridgehead atoms. The fourth-order valence-corrected chi connectivity index (χ4v) is 1.75. The first-order valence-corrected chi connectivity index (χ1v) is 5.83. The Bertz CT molecular complexity index is 323. The number of hydrogen-bond donors (Lipinski definition) is 0. The third-order valence-corrected chi connectivity index (χ3v) is 2.60. The van der Waals surface area contributed by atoms with Crippen LogP contribution in [-0.4, -0.2) is 22.7 Å². The first-order valence-electron chi connectivity index (χ1n) is 5.83. The van der Waals surface area contributed by atoms with Crippen molar-refractivity contribution in [3.8, 4) is 5.75 Å². The summed E-state index contributed by atoms with van der Waals surface area (Å²) in [6.07, 6.45) is 4.60. The highest BCUT2D eigenvalue weighted by Crippen LogP contribution is 2.19. The molecule has 0 aromatic carbocycles. The molecule has 0 atom stereocenters. The van der Waals surface area contributed by atoms with Crippen molar-refractivity contribution >= 4 is 5.78 Å². The molecule has 0 N–H and O–H groups in total. The van der Waals surface area contributed by atoms with E-state index in [1.165, 1.54) is 0 Å². The minimum absolute atomic E-state index is 0.313. The standard InChI is InChI=1S/C12H20N2O2/c1-4-6-10(15)7-8-11-12(16-3)9-13-14(11)5-2/h9H,4-8H2,1-3H3. The van der Waals surface area contributed by atoms with E-state index in [9.17, 15) is 4.79 Å². The third kappa shape index (κ3) is 3.08. The van der Waals surface area contributed by atoms with E-state index in [4.69, 9.17) is 4.74 Å². The summed E-state index contributed by atoms with van der Waals surface area (Å²) in [6, 6.07) is 0. The Morgan fingerprint density at radius 2 is 2.19 bits per heavy atom. The average molecular weight is 224 g/mol. The summed E-state index contributed by atoms with van der Waals surface area (Å²) >= 11 is 0. The number of methoxy groups -OCH3 is 1. The predicted octanol–water partition coefficient (Wildman–Crippen LogP) is 2.21. The molecule has 0 saturated carbocycles. The van der Waals surface area contributed by atoms with Gasteiger partial charge >= 0.3 is 0 Å². The van der Waals surface area contributed by atoms with Gasteiger partial charge in [0.25, 0.3) is 0 Å². The zero-order valence-electron chi connectivity index (χ0n) is 10.3. The first-order chi connectivity index (χ1) is 7.72. The van der Waals surface area contributed by atoms with E-state index in [1.54, 1.807) is 13.3 Å². The van der Waals surface area contributed by atoms with Crippen LogP contribution >= 0.6 is 0 Å². The number of carbonyl (C=O) groups is 1. The Labute approximate surface area is 96.6 Å². The molecule has 0 aliphatic rings. The second-order valence-corrected chi connectivity index (χ2v) is 3.76. The van der Waals surface area contributed by atoms with Crippen molar-refractivity contribution in [3.05, 3.63) is 11.9 Å². The maximum absolute atomic E-state index is 11.5. The lowest BCUT2D eigenvalue weighted by Crippen LogP contribution is -2.07. The predicted molar refractivity (Wildman–Crippen MR) is 62.7 cm³/mol. The van der Waals surface area contributed by atoms with Gasteiger partial charge in [-0.15, -0.1) is 0 Å². The average Bonchev–Trinajstić information content (AvgIpc) is 2.68. The van der Waals surface area contributed by atoms with Crippen molar-refractivity contribution in [2.75, 3.05) is 7.11 Å². The Morgan fingerprint density at radius 1 is 1.44 bits per heavy atom. The van der Waals surface area contributed by atoms with Gasteiger partial charge in [-0.25, -0.2) is 0 Å². The molecule has 0 unspecified atom stereocenters. The molecule has 90 valence electrons. The first kappa shape index (κ1) is 12.7. The number of nitrogens with zero attached hydrogens (tertiary/aromatic N) is 2. The SMILES string of the molecule is CCCC(=O)CCc1c(OC)cnn1CC. The van der Waals surface area contributed by atoms with Gasteiger partial charge in [0, 0.05) is 19.4 Å². The second-order valence-electron chi connectivity index (χ2n) is 3.76. The highest BCUT2D eigenvalue weighted by atomic mass is 16.5. The lowest BCUT2D eigenvalue weighted by atomic mass is 10.1. The molecular formula is C12H20N2O2. The van der Waals surface area contributed by atoms with Crippen LogP contribution in [0.15, 0.2) is 6.20 Å². The van der Waals surface area contributed by atoms with Gasteiger partial charge in [-0.3, -0.25) is 9.48 Å². The van der Waals surface area contributed by atoms with Crippen LogP contribution in [0.1, 0.15) is 38.8 Å². The highest BCUT2D eigenvalue weighted by Gasteiger charge is 2.11. The minimum Gasteiger partial charge on any atom is -0.493 e. The van der Waals surface area contributed by atoms with Crippen LogP contribution < -0.4 is 4.74 Å². The van der Waals surface area contributed by atoms with E-state index in [0.717, 1.165) is 30.8 Å². The van der Waals surface area contributed by atoms with Crippen LogP contribution in [0.25, 0.3) is 0 Å². The molecule has 0 radical (unpaired) electrons. The molecule has 0 spiro atoms. The van der Waals surface area contributed by atoms with E-state index < -0.39 is 0 Å². The van der Waals surface area contributed by atoms with E-state index in [0.29, 0.717) is 18.6 Å². The molecule has 4 nitrogen and oxygen atoms in total. The van der Waals surface area contributed by atoms with Gasteiger partial charge in [0.05, 0.1) is 19.0 Å². The summed E-state index contributed by atoms with van der Waals surface area (Å²) in [5.74, 6) is 1.10. The van der Waals surface area contributed by atoms with Crippen molar-refractivity contribution in [3.63, 3.8) is 0 Å². The molecule has 16 heavy (non-hydrogen) atoms. The smallest absolute Gasteiger partial charge is 0.159 e. The molecule has 1 rings (SSSR count). The maximum atomic E-state index is 11.5. The van der Waals surface area contributed by atoms with Crippen LogP contribution in [0.5, 0.6) is 5.75 Å². The Balaban J connectivity index is 2.64. The third-order valence-electron chi connectivity index (χ3n) is 2.60. The molecule has 0 amide bonds. The minimum atomic E-state index is 0.313. The molecule has 4 heteroatoms. The van der Waals surface area contributed by atoms with Gasteiger partial charge in [0.1, 0.15) is 5.78 Å². The maximum Gasteiger partial charge on any atom is 0.159 e. The van der Waals surface area contributed by atoms with Gasteiger partial charge in [-0.1, -0.05) is 6.92 Å². The zero-order valence-corrected chi connectivity index (χ0v) is 10.3. The van der Waals surface area contributed by atoms with Crippen molar-refractivity contribution in [1.82, 2.24) is 9.78 Å². The summed E-state index contributed by atoms with van der Waals surface area (Å²) in [6.45, 7) is 4.86. The van der Waals surface area contributed by atoms with Crippen molar-refractivity contribution in [1.29, 1.82) is 0 Å². The molecule has 1 aromatic heterocycles. The van der Waals surface area contributed by atoms with Crippen molar-refractivity contribution in [2.24, 2.45) is 0 Å². The molecular weight excluding hydrogens is 204 g/mol. The summed E-state index contributed by atoms with van der Waals surface area (Å²) in [5, 5.41) is 4.21. The number of ether oxygens (including phenoxy) is 1. The summed E-state index contributed by atoms with van der Waals surface area (Å²) < 4.78 is 7.11. The highest BCUT2D eigenvalue weighted by molar-refractivity contribution is 5.78. The fourth-order valence-electron chi connectivity index (χ4n) is 1.75. The van der Waals surface area contributed by atoms with Crippen molar-refractivity contribution < 1.29 is 9.53 Å². The van der Waals surface area contributed by atoms with E-state index >= 15 is 0 Å². The molecule has 0 fully saturated rings. The number of aromatic nitrogens is 2. The lowest BCUT2D eigenvalue weighted by Gasteiger charge is -2.06. The molecule has 0 aliphatic carbocycles. The number of carbonyl (C=O) groups excluding carboxylic acids is 1. The van der Waals surface area contributed by atoms with Gasteiger partial charge in [0.2, 0.25) is 0 Å². The largest absolute Gasteiger partial charge is 0.493 e. The molecule has 0 saturated heterocycles. The number of Topliss-reactive ketones (excluding diaryl/α,β-unsaturated/α-hetero) is 1. The van der Waals surface area contributed by atoms with Crippen LogP contribution in [0.3, 0.4) is 0 Å². The van der Waals surface area contributed by atoms with Gasteiger partial charge in [-0.05, 0) is 19.8 Å². The molecule has 0 aliphatic heterocycles. The van der Waals surface area contributed by atoms with Crippen LogP contribution in [0.4, 0.5) is 0 Å². The van der Waals surface area contributed by atoms with Crippen LogP contribution in [0, 0.1) is 0 Å². The van der Waals surface area contributed by atoms with E-state index in [1.807, 2.05) is 18.5 Å². The fraction of sp³-hybridized carbons (Fsp3) is 0.667. The number of rotatable bonds is 7. The quantitative estimate of drug-likeness (QED) is 0.713. The van der Waals surface area contributed by atoms with Gasteiger partial charge < -0.3 is 4.74 Å². The lowest BCUT2D eigenvalue weighted by molar-refractivity contribution is -0.119. The topological polar surface area (TPSA) is 44.1 Å². The van der Waals surface area contributed by atoms with E-state index in [2.05, 4.69) is 5.10 Å². The van der Waals surface area contributed by atoms with Crippen molar-refractivity contribution in [2.45, 2.75) is 46.1 Å². The second kappa shape index (κ2) is 6.30. The monoisotopic (exact) mass is 224 g/mol. The Kier molecular flexibility index (Phi) is 5.02. The zero-order chi connectivity index (χ0) is 12.0. The normalized spacial score (nSPS) is 10.4. The number of aryl methyl sites for hydroxylation is 1. The Hall–Kier alpha value is -1.32. The summed E-state index contributed by atoms with van der Waals surface area (Å²) in [4.78, 5) is 11.5. The van der Waals surface area contributed by atoms with Gasteiger partial charge in [0.15, 0.2) is 5.75 Å². The van der Waals surface area contributed by atoms with Crippen LogP contribution in [-0.2, 0) is 17.8 Å². The van der Waals surface area contributed by atoms with Crippen LogP contribution in [0.2, 0.25) is 0 Å².